The molecule has 0 bridgehead atoms. The van der Waals surface area contributed by atoms with Crippen LogP contribution in [0.15, 0.2) is 48.6 Å². The Labute approximate surface area is 331 Å². The van der Waals surface area contributed by atoms with Crippen LogP contribution in [0.25, 0.3) is 0 Å². The number of unbranched alkanes of at least 4 members (excludes halogenated alkanes) is 29. The van der Waals surface area contributed by atoms with Crippen LogP contribution in [-0.4, -0.2) is 34.9 Å². The highest BCUT2D eigenvalue weighted by atomic mass is 16.3. The monoisotopic (exact) mass is 742 g/mol. The van der Waals surface area contributed by atoms with Crippen molar-refractivity contribution in [1.29, 1.82) is 0 Å². The van der Waals surface area contributed by atoms with Gasteiger partial charge in [-0.1, -0.05) is 210 Å². The van der Waals surface area contributed by atoms with Gasteiger partial charge in [-0.3, -0.25) is 4.79 Å². The van der Waals surface area contributed by atoms with Crippen molar-refractivity contribution in [2.24, 2.45) is 0 Å². The van der Waals surface area contributed by atoms with Crippen molar-refractivity contribution in [3.05, 3.63) is 48.6 Å². The fourth-order valence-corrected chi connectivity index (χ4v) is 6.91. The molecular formula is C49H91NO3. The van der Waals surface area contributed by atoms with E-state index in [1.807, 2.05) is 6.08 Å². The van der Waals surface area contributed by atoms with Gasteiger partial charge in [-0.15, -0.1) is 0 Å². The van der Waals surface area contributed by atoms with Crippen LogP contribution in [0.4, 0.5) is 0 Å². The number of hydrogen-bond donors (Lipinski definition) is 3. The van der Waals surface area contributed by atoms with Gasteiger partial charge in [0.05, 0.1) is 18.8 Å². The lowest BCUT2D eigenvalue weighted by molar-refractivity contribution is -0.123. The number of amides is 1. The van der Waals surface area contributed by atoms with E-state index in [2.05, 4.69) is 55.6 Å². The minimum Gasteiger partial charge on any atom is -0.394 e. The van der Waals surface area contributed by atoms with Gasteiger partial charge in [-0.2, -0.15) is 0 Å². The molecule has 0 aliphatic rings. The second-order valence-corrected chi connectivity index (χ2v) is 15.8. The van der Waals surface area contributed by atoms with Crippen LogP contribution in [0, 0.1) is 0 Å². The molecule has 1 amide bonds. The smallest absolute Gasteiger partial charge is 0.220 e. The van der Waals surface area contributed by atoms with Gasteiger partial charge in [-0.25, -0.2) is 0 Å². The molecular weight excluding hydrogens is 651 g/mol. The maximum atomic E-state index is 12.4. The van der Waals surface area contributed by atoms with Crippen molar-refractivity contribution in [2.75, 3.05) is 6.61 Å². The Bertz CT molecular complexity index is 847. The van der Waals surface area contributed by atoms with Crippen LogP contribution in [-0.2, 0) is 4.79 Å². The molecule has 0 saturated heterocycles. The number of aliphatic hydroxyl groups is 2. The van der Waals surface area contributed by atoms with E-state index in [1.54, 1.807) is 6.08 Å². The first kappa shape index (κ1) is 51.4. The van der Waals surface area contributed by atoms with Gasteiger partial charge >= 0.3 is 0 Å². The first-order chi connectivity index (χ1) is 26.2. The number of carbonyl (C=O) groups excluding carboxylic acids is 1. The fraction of sp³-hybridized carbons (Fsp3) is 0.816. The summed E-state index contributed by atoms with van der Waals surface area (Å²) in [6.45, 7) is 4.30. The molecule has 0 aliphatic carbocycles. The molecule has 3 N–H and O–H groups in total. The summed E-state index contributed by atoms with van der Waals surface area (Å²) < 4.78 is 0. The molecule has 0 aromatic rings. The molecule has 0 heterocycles. The van der Waals surface area contributed by atoms with E-state index in [-0.39, 0.29) is 12.5 Å². The summed E-state index contributed by atoms with van der Waals surface area (Å²) in [5, 5.41) is 23.0. The van der Waals surface area contributed by atoms with E-state index in [0.29, 0.717) is 6.42 Å². The van der Waals surface area contributed by atoms with Gasteiger partial charge in [0.2, 0.25) is 5.91 Å². The summed E-state index contributed by atoms with van der Waals surface area (Å²) in [4.78, 5) is 12.4. The fourth-order valence-electron chi connectivity index (χ4n) is 6.91. The predicted molar refractivity (Wildman–Crippen MR) is 235 cm³/mol. The molecule has 0 spiro atoms. The van der Waals surface area contributed by atoms with Gasteiger partial charge in [0.1, 0.15) is 0 Å². The molecule has 0 aromatic heterocycles. The average Bonchev–Trinajstić information content (AvgIpc) is 3.16. The van der Waals surface area contributed by atoms with E-state index in [0.717, 1.165) is 38.5 Å². The topological polar surface area (TPSA) is 69.6 Å². The molecule has 310 valence electrons. The summed E-state index contributed by atoms with van der Waals surface area (Å²) in [6.07, 6.45) is 60.8. The summed E-state index contributed by atoms with van der Waals surface area (Å²) in [5.41, 5.74) is 0. The Morgan fingerprint density at radius 3 is 1.09 bits per heavy atom. The highest BCUT2D eigenvalue weighted by Gasteiger charge is 2.17. The number of carbonyl (C=O) groups is 1. The zero-order chi connectivity index (χ0) is 38.6. The minimum absolute atomic E-state index is 0.0800. The van der Waals surface area contributed by atoms with Crippen molar-refractivity contribution in [1.82, 2.24) is 5.32 Å². The van der Waals surface area contributed by atoms with Gasteiger partial charge in [0.25, 0.3) is 0 Å². The summed E-state index contributed by atoms with van der Waals surface area (Å²) in [5.74, 6) is -0.0800. The second-order valence-electron chi connectivity index (χ2n) is 15.8. The largest absolute Gasteiger partial charge is 0.394 e. The molecule has 2 unspecified atom stereocenters. The Morgan fingerprint density at radius 1 is 0.434 bits per heavy atom. The van der Waals surface area contributed by atoms with E-state index >= 15 is 0 Å². The van der Waals surface area contributed by atoms with Gasteiger partial charge in [0.15, 0.2) is 0 Å². The third-order valence-electron chi connectivity index (χ3n) is 10.5. The molecule has 4 nitrogen and oxygen atoms in total. The maximum Gasteiger partial charge on any atom is 0.220 e. The highest BCUT2D eigenvalue weighted by Crippen LogP contribution is 2.14. The first-order valence-electron chi connectivity index (χ1n) is 23.4. The van der Waals surface area contributed by atoms with Crippen LogP contribution in [0.5, 0.6) is 0 Å². The normalized spacial score (nSPS) is 13.4. The van der Waals surface area contributed by atoms with Gasteiger partial charge in [0, 0.05) is 6.42 Å². The molecule has 0 fully saturated rings. The van der Waals surface area contributed by atoms with E-state index in [1.165, 1.54) is 180 Å². The predicted octanol–water partition coefficient (Wildman–Crippen LogP) is 14.7. The molecule has 0 saturated carbocycles. The van der Waals surface area contributed by atoms with Crippen LogP contribution in [0.2, 0.25) is 0 Å². The van der Waals surface area contributed by atoms with Crippen LogP contribution >= 0.6 is 0 Å². The number of hydrogen-bond acceptors (Lipinski definition) is 3. The van der Waals surface area contributed by atoms with Crippen molar-refractivity contribution in [2.45, 2.75) is 251 Å². The summed E-state index contributed by atoms with van der Waals surface area (Å²) >= 11 is 0. The molecule has 0 aromatic carbocycles. The summed E-state index contributed by atoms with van der Waals surface area (Å²) in [7, 11) is 0. The Hall–Kier alpha value is -1.65. The zero-order valence-corrected chi connectivity index (χ0v) is 35.5. The zero-order valence-electron chi connectivity index (χ0n) is 35.5. The third kappa shape index (κ3) is 41.4. The maximum absolute atomic E-state index is 12.4. The number of nitrogens with one attached hydrogen (secondary N) is 1. The Kier molecular flexibility index (Phi) is 43.4. The second kappa shape index (κ2) is 44.7. The van der Waals surface area contributed by atoms with Crippen LogP contribution in [0.3, 0.4) is 0 Å². The Morgan fingerprint density at radius 2 is 0.736 bits per heavy atom. The van der Waals surface area contributed by atoms with Gasteiger partial charge < -0.3 is 15.5 Å². The molecule has 53 heavy (non-hydrogen) atoms. The standard InChI is InChI=1S/C49H91NO3/c1-3-5-7-9-11-13-15-17-19-21-23-24-25-27-28-30-32-34-36-38-40-42-44-48(52)47(46-51)50-49(53)45-43-41-39-37-35-33-31-29-26-22-20-18-16-14-12-10-8-6-4-2/h18,20,27-28,34,36,42,44,47-48,51-52H,3-17,19,21-26,29-33,35,37-41,43,45-46H2,1-2H3,(H,50,53)/b20-18-,28-27+,36-34+,44-42+. The Balaban J connectivity index is 3.63. The van der Waals surface area contributed by atoms with E-state index < -0.39 is 12.1 Å². The number of rotatable bonds is 42. The molecule has 2 atom stereocenters. The van der Waals surface area contributed by atoms with Gasteiger partial charge in [-0.05, 0) is 70.6 Å². The lowest BCUT2D eigenvalue weighted by Crippen LogP contribution is -2.45. The van der Waals surface area contributed by atoms with Crippen molar-refractivity contribution in [3.8, 4) is 0 Å². The summed E-state index contributed by atoms with van der Waals surface area (Å²) in [6, 6.07) is -0.646. The average molecular weight is 742 g/mol. The molecule has 0 rings (SSSR count). The first-order valence-corrected chi connectivity index (χ1v) is 23.4. The highest BCUT2D eigenvalue weighted by molar-refractivity contribution is 5.76. The molecule has 4 heteroatoms. The van der Waals surface area contributed by atoms with Crippen LogP contribution in [0.1, 0.15) is 239 Å². The third-order valence-corrected chi connectivity index (χ3v) is 10.5. The van der Waals surface area contributed by atoms with Crippen molar-refractivity contribution < 1.29 is 15.0 Å². The van der Waals surface area contributed by atoms with E-state index in [4.69, 9.17) is 0 Å². The van der Waals surface area contributed by atoms with Crippen molar-refractivity contribution in [3.63, 3.8) is 0 Å². The molecule has 0 aliphatic heterocycles. The van der Waals surface area contributed by atoms with Crippen molar-refractivity contribution >= 4 is 5.91 Å². The number of aliphatic hydroxyl groups excluding tert-OH is 2. The SMILES string of the molecule is CCCCCCCC/C=C\CCCCCCCCCCCC(=O)NC(CO)C(O)/C=C/CC/C=C/CC/C=C/CCCCCCCCCCCCCC. The molecule has 0 radical (unpaired) electrons. The van der Waals surface area contributed by atoms with Crippen LogP contribution < -0.4 is 5.32 Å². The number of allylic oxidation sites excluding steroid dienone is 7. The van der Waals surface area contributed by atoms with E-state index in [9.17, 15) is 15.0 Å². The quantitative estimate of drug-likeness (QED) is 0.0431. The minimum atomic E-state index is -0.871. The lowest BCUT2D eigenvalue weighted by atomic mass is 10.0. The lowest BCUT2D eigenvalue weighted by Gasteiger charge is -2.19.